The van der Waals surface area contributed by atoms with Crippen LogP contribution in [-0.4, -0.2) is 23.0 Å². The molecule has 0 bridgehead atoms. The number of carboxylic acid groups (broad SMARTS) is 1. The van der Waals surface area contributed by atoms with Gasteiger partial charge < -0.3 is 10.4 Å². The fourth-order valence-electron chi connectivity index (χ4n) is 2.89. The Morgan fingerprint density at radius 1 is 0.862 bits per heavy atom. The van der Waals surface area contributed by atoms with E-state index in [0.29, 0.717) is 17.7 Å². The third-order valence-corrected chi connectivity index (χ3v) is 4.34. The van der Waals surface area contributed by atoms with Crippen molar-refractivity contribution in [1.82, 2.24) is 5.32 Å². The van der Waals surface area contributed by atoms with E-state index in [1.807, 2.05) is 42.5 Å². The van der Waals surface area contributed by atoms with Crippen LogP contribution in [-0.2, 0) is 11.2 Å². The van der Waals surface area contributed by atoms with E-state index in [1.54, 1.807) is 12.1 Å². The third kappa shape index (κ3) is 4.82. The average Bonchev–Trinajstić information content (AvgIpc) is 2.68. The summed E-state index contributed by atoms with van der Waals surface area (Å²) in [5, 5.41) is 11.5. The number of benzene rings is 3. The Hall–Kier alpha value is -3.61. The minimum absolute atomic E-state index is 0.0967. The summed E-state index contributed by atoms with van der Waals surface area (Å²) in [6, 6.07) is 15.9. The predicted octanol–water partition coefficient (Wildman–Crippen LogP) is 4.20. The summed E-state index contributed by atoms with van der Waals surface area (Å²) in [6.07, 6.45) is -0.0967. The number of hydrogen-bond donors (Lipinski definition) is 2. The molecule has 0 spiro atoms. The number of hydrogen-bond acceptors (Lipinski definition) is 2. The van der Waals surface area contributed by atoms with Gasteiger partial charge in [0.25, 0.3) is 5.91 Å². The van der Waals surface area contributed by atoms with Crippen molar-refractivity contribution < 1.29 is 27.9 Å². The van der Waals surface area contributed by atoms with Crippen LogP contribution in [0.1, 0.15) is 15.9 Å². The van der Waals surface area contributed by atoms with Crippen molar-refractivity contribution in [3.8, 4) is 11.1 Å². The van der Waals surface area contributed by atoms with Gasteiger partial charge >= 0.3 is 5.97 Å². The highest BCUT2D eigenvalue weighted by Gasteiger charge is 2.25. The number of carbonyl (C=O) groups excluding carboxylic acids is 1. The van der Waals surface area contributed by atoms with Crippen LogP contribution >= 0.6 is 0 Å². The van der Waals surface area contributed by atoms with Crippen molar-refractivity contribution in [3.63, 3.8) is 0 Å². The molecule has 0 unspecified atom stereocenters. The zero-order valence-corrected chi connectivity index (χ0v) is 15.0. The summed E-state index contributed by atoms with van der Waals surface area (Å²) < 4.78 is 40.5. The minimum atomic E-state index is -1.42. The first-order chi connectivity index (χ1) is 13.8. The highest BCUT2D eigenvalue weighted by atomic mass is 19.1. The van der Waals surface area contributed by atoms with Crippen LogP contribution < -0.4 is 5.32 Å². The van der Waals surface area contributed by atoms with Crippen molar-refractivity contribution >= 4 is 11.9 Å². The highest BCUT2D eigenvalue weighted by molar-refractivity contribution is 5.97. The Bertz CT molecular complexity index is 1010. The van der Waals surface area contributed by atoms with Gasteiger partial charge in [0, 0.05) is 18.6 Å². The number of nitrogens with one attached hydrogen (secondary N) is 1. The number of rotatable bonds is 6. The second-order valence-electron chi connectivity index (χ2n) is 6.38. The molecule has 0 aliphatic heterocycles. The number of amides is 1. The molecule has 0 aliphatic rings. The molecule has 0 saturated heterocycles. The van der Waals surface area contributed by atoms with Crippen LogP contribution in [0.3, 0.4) is 0 Å². The topological polar surface area (TPSA) is 66.4 Å². The van der Waals surface area contributed by atoms with E-state index in [0.717, 1.165) is 11.1 Å². The van der Waals surface area contributed by atoms with E-state index in [4.69, 9.17) is 0 Å². The van der Waals surface area contributed by atoms with Gasteiger partial charge in [-0.25, -0.2) is 18.0 Å². The molecule has 0 aliphatic carbocycles. The lowest BCUT2D eigenvalue weighted by atomic mass is 10.0. The van der Waals surface area contributed by atoms with Gasteiger partial charge in [0.05, 0.1) is 0 Å². The maximum atomic E-state index is 13.8. The average molecular weight is 399 g/mol. The van der Waals surface area contributed by atoms with Crippen LogP contribution in [0.25, 0.3) is 11.1 Å². The van der Waals surface area contributed by atoms with Crippen molar-refractivity contribution in [2.75, 3.05) is 0 Å². The smallest absolute Gasteiger partial charge is 0.326 e. The number of carboxylic acids is 1. The largest absolute Gasteiger partial charge is 0.480 e. The standard InChI is InChI=1S/C22H16F3NO3/c23-16-11-17(24)20(18(25)12-16)21(27)26-19(22(28)29)10-13-6-8-15(9-7-13)14-4-2-1-3-5-14/h1-9,11-12,19H,10H2,(H,26,27)(H,28,29)/t19-/m1/s1. The Morgan fingerprint density at radius 2 is 1.41 bits per heavy atom. The quantitative estimate of drug-likeness (QED) is 0.653. The second kappa shape index (κ2) is 8.60. The lowest BCUT2D eigenvalue weighted by Gasteiger charge is -2.15. The Labute approximate surface area is 164 Å². The van der Waals surface area contributed by atoms with Gasteiger partial charge in [-0.05, 0) is 16.7 Å². The van der Waals surface area contributed by atoms with E-state index in [2.05, 4.69) is 5.32 Å². The molecule has 1 amide bonds. The molecule has 3 aromatic rings. The van der Waals surface area contributed by atoms with Crippen molar-refractivity contribution in [2.24, 2.45) is 0 Å². The van der Waals surface area contributed by atoms with Crippen LogP contribution in [0.4, 0.5) is 13.2 Å². The maximum absolute atomic E-state index is 13.8. The van der Waals surface area contributed by atoms with E-state index in [1.165, 1.54) is 0 Å². The van der Waals surface area contributed by atoms with Crippen molar-refractivity contribution in [2.45, 2.75) is 12.5 Å². The van der Waals surface area contributed by atoms with Crippen LogP contribution in [0.15, 0.2) is 66.7 Å². The van der Waals surface area contributed by atoms with E-state index in [9.17, 15) is 27.9 Å². The molecule has 3 rings (SSSR count). The van der Waals surface area contributed by atoms with Crippen LogP contribution in [0.5, 0.6) is 0 Å². The fourth-order valence-corrected chi connectivity index (χ4v) is 2.89. The first-order valence-electron chi connectivity index (χ1n) is 8.67. The molecule has 2 N–H and O–H groups in total. The van der Waals surface area contributed by atoms with Crippen molar-refractivity contribution in [1.29, 1.82) is 0 Å². The van der Waals surface area contributed by atoms with Crippen LogP contribution in [0, 0.1) is 17.5 Å². The van der Waals surface area contributed by atoms with Gasteiger partial charge in [-0.1, -0.05) is 54.6 Å². The molecule has 29 heavy (non-hydrogen) atoms. The summed E-state index contributed by atoms with van der Waals surface area (Å²) in [4.78, 5) is 23.7. The molecule has 4 nitrogen and oxygen atoms in total. The molecule has 0 radical (unpaired) electrons. The highest BCUT2D eigenvalue weighted by Crippen LogP contribution is 2.20. The Balaban J connectivity index is 1.76. The van der Waals surface area contributed by atoms with Gasteiger partial charge in [0.1, 0.15) is 29.1 Å². The molecular formula is C22H16F3NO3. The van der Waals surface area contributed by atoms with Gasteiger partial charge in [-0.15, -0.1) is 0 Å². The first-order valence-corrected chi connectivity index (χ1v) is 8.67. The summed E-state index contributed by atoms with van der Waals surface area (Å²) in [5.74, 6) is -6.63. The molecule has 148 valence electrons. The van der Waals surface area contributed by atoms with E-state index < -0.39 is 40.9 Å². The lowest BCUT2D eigenvalue weighted by Crippen LogP contribution is -2.43. The number of carbonyl (C=O) groups is 2. The summed E-state index contributed by atoms with van der Waals surface area (Å²) >= 11 is 0. The van der Waals surface area contributed by atoms with Gasteiger partial charge in [0.2, 0.25) is 0 Å². The molecular weight excluding hydrogens is 383 g/mol. The molecule has 0 heterocycles. The monoisotopic (exact) mass is 399 g/mol. The predicted molar refractivity (Wildman–Crippen MR) is 101 cm³/mol. The van der Waals surface area contributed by atoms with Crippen molar-refractivity contribution in [3.05, 3.63) is 95.3 Å². The fraction of sp³-hybridized carbons (Fsp3) is 0.0909. The molecule has 0 aromatic heterocycles. The lowest BCUT2D eigenvalue weighted by molar-refractivity contribution is -0.139. The van der Waals surface area contributed by atoms with Crippen LogP contribution in [0.2, 0.25) is 0 Å². The zero-order chi connectivity index (χ0) is 21.0. The Morgan fingerprint density at radius 3 is 1.97 bits per heavy atom. The third-order valence-electron chi connectivity index (χ3n) is 4.34. The first kappa shape index (κ1) is 20.1. The zero-order valence-electron chi connectivity index (χ0n) is 15.0. The summed E-state index contributed by atoms with van der Waals surface area (Å²) in [7, 11) is 0. The maximum Gasteiger partial charge on any atom is 0.326 e. The normalized spacial score (nSPS) is 11.7. The number of halogens is 3. The van der Waals surface area contributed by atoms with Gasteiger partial charge in [0.15, 0.2) is 0 Å². The van der Waals surface area contributed by atoms with E-state index in [-0.39, 0.29) is 6.42 Å². The Kier molecular flexibility index (Phi) is 5.97. The molecule has 1 atom stereocenters. The molecule has 7 heteroatoms. The second-order valence-corrected chi connectivity index (χ2v) is 6.38. The molecule has 3 aromatic carbocycles. The summed E-state index contributed by atoms with van der Waals surface area (Å²) in [5.41, 5.74) is 1.50. The summed E-state index contributed by atoms with van der Waals surface area (Å²) in [6.45, 7) is 0. The molecule has 0 saturated carbocycles. The minimum Gasteiger partial charge on any atom is -0.480 e. The molecule has 0 fully saturated rings. The van der Waals surface area contributed by atoms with E-state index >= 15 is 0 Å². The number of aliphatic carboxylic acids is 1. The SMILES string of the molecule is O=C(N[C@H](Cc1ccc(-c2ccccc2)cc1)C(=O)O)c1c(F)cc(F)cc1F. The van der Waals surface area contributed by atoms with Gasteiger partial charge in [-0.3, -0.25) is 4.79 Å². The van der Waals surface area contributed by atoms with Gasteiger partial charge in [-0.2, -0.15) is 0 Å².